The summed E-state index contributed by atoms with van der Waals surface area (Å²) < 4.78 is 4.67. The van der Waals surface area contributed by atoms with Crippen LogP contribution in [0.2, 0.25) is 0 Å². The molecule has 4 nitrogen and oxygen atoms in total. The van der Waals surface area contributed by atoms with Gasteiger partial charge in [-0.05, 0) is 26.2 Å². The average molecular weight is 214 g/mol. The van der Waals surface area contributed by atoms with E-state index in [9.17, 15) is 9.59 Å². The van der Waals surface area contributed by atoms with Crippen LogP contribution >= 0.6 is 0 Å². The zero-order valence-electron chi connectivity index (χ0n) is 9.87. The van der Waals surface area contributed by atoms with E-state index < -0.39 is 11.6 Å². The molecule has 0 bridgehead atoms. The fourth-order valence-electron chi connectivity index (χ4n) is 1.34. The van der Waals surface area contributed by atoms with E-state index in [4.69, 9.17) is 5.73 Å². The lowest BCUT2D eigenvalue weighted by molar-refractivity contribution is -0.124. The average Bonchev–Trinajstić information content (AvgIpc) is 2.01. The molecule has 0 aliphatic rings. The number of ether oxygens (including phenoxy) is 1. The van der Waals surface area contributed by atoms with E-state index in [1.165, 1.54) is 6.47 Å². The summed E-state index contributed by atoms with van der Waals surface area (Å²) in [5.41, 5.74) is 4.91. The Labute approximate surface area is 91.2 Å². The predicted octanol–water partition coefficient (Wildman–Crippen LogP) is 1.18. The van der Waals surface area contributed by atoms with Gasteiger partial charge in [0.1, 0.15) is 5.60 Å². The number of nitrogens with two attached hydrogens (primary N) is 1. The first-order valence-electron chi connectivity index (χ1n) is 5.12. The van der Waals surface area contributed by atoms with Crippen LogP contribution in [0.5, 0.6) is 0 Å². The third-order valence-corrected chi connectivity index (χ3v) is 2.06. The van der Waals surface area contributed by atoms with Gasteiger partial charge in [0.05, 0.1) is 6.04 Å². The molecule has 0 saturated heterocycles. The Morgan fingerprint density at radius 2 is 2.00 bits per heavy atom. The van der Waals surface area contributed by atoms with E-state index in [1.54, 1.807) is 13.8 Å². The summed E-state index contributed by atoms with van der Waals surface area (Å²) in [5, 5.41) is 0. The van der Waals surface area contributed by atoms with Gasteiger partial charge in [-0.2, -0.15) is 0 Å². The molecule has 87 valence electrons. The summed E-state index contributed by atoms with van der Waals surface area (Å²) in [6, 6.07) is -0.473. The molecule has 4 heteroatoms. The second-order valence-electron chi connectivity index (χ2n) is 4.82. The summed E-state index contributed by atoms with van der Waals surface area (Å²) >= 11 is 0. The van der Waals surface area contributed by atoms with Crippen LogP contribution in [0.1, 0.15) is 40.5 Å². The number of carbonyl (C=O) groups is 1. The molecule has 1 radical (unpaired) electrons. The van der Waals surface area contributed by atoms with Crippen molar-refractivity contribution >= 4 is 12.3 Å². The molecule has 0 heterocycles. The molecular weight excluding hydrogens is 194 g/mol. The van der Waals surface area contributed by atoms with Crippen LogP contribution in [0, 0.1) is 5.92 Å². The monoisotopic (exact) mass is 214 g/mol. The molecule has 1 unspecified atom stereocenters. The standard InChI is InChI=1S/C11H20NO3/c1-8(2)5-9(12)10(14)6-11(3,4)15-7-13/h8-9H,5-6,12H2,1-4H3. The van der Waals surface area contributed by atoms with E-state index in [0.717, 1.165) is 0 Å². The smallest absolute Gasteiger partial charge is 0.418 e. The Hall–Kier alpha value is -0.900. The molecule has 0 spiro atoms. The van der Waals surface area contributed by atoms with Crippen molar-refractivity contribution in [2.24, 2.45) is 11.7 Å². The maximum Gasteiger partial charge on any atom is 0.418 e. The maximum atomic E-state index is 11.6. The van der Waals surface area contributed by atoms with Gasteiger partial charge in [0.2, 0.25) is 0 Å². The predicted molar refractivity (Wildman–Crippen MR) is 57.9 cm³/mol. The molecule has 0 aliphatic carbocycles. The van der Waals surface area contributed by atoms with Gasteiger partial charge in [0, 0.05) is 6.42 Å². The van der Waals surface area contributed by atoms with Crippen LogP contribution < -0.4 is 5.73 Å². The fourth-order valence-corrected chi connectivity index (χ4v) is 1.34. The molecule has 0 fully saturated rings. The first kappa shape index (κ1) is 14.1. The fraction of sp³-hybridized carbons (Fsp3) is 0.818. The van der Waals surface area contributed by atoms with Crippen molar-refractivity contribution in [2.75, 3.05) is 0 Å². The van der Waals surface area contributed by atoms with Crippen molar-refractivity contribution in [3.05, 3.63) is 0 Å². The Morgan fingerprint density at radius 3 is 2.40 bits per heavy atom. The zero-order valence-corrected chi connectivity index (χ0v) is 9.87. The SMILES string of the molecule is CC(C)CC(N)C(=O)CC(C)(C)O[C]=O. The Balaban J connectivity index is 4.17. The molecule has 2 N–H and O–H groups in total. The van der Waals surface area contributed by atoms with E-state index in [1.807, 2.05) is 13.8 Å². The van der Waals surface area contributed by atoms with E-state index >= 15 is 0 Å². The van der Waals surface area contributed by atoms with Gasteiger partial charge in [-0.3, -0.25) is 4.79 Å². The lowest BCUT2D eigenvalue weighted by Gasteiger charge is -2.23. The largest absolute Gasteiger partial charge is 0.451 e. The third-order valence-electron chi connectivity index (χ3n) is 2.06. The van der Waals surface area contributed by atoms with Gasteiger partial charge >= 0.3 is 6.47 Å². The Bertz CT molecular complexity index is 224. The minimum atomic E-state index is -0.812. The number of hydrogen-bond donors (Lipinski definition) is 1. The normalized spacial score (nSPS) is 13.7. The van der Waals surface area contributed by atoms with Crippen molar-refractivity contribution in [1.82, 2.24) is 0 Å². The topological polar surface area (TPSA) is 69.4 Å². The molecule has 0 aromatic heterocycles. The van der Waals surface area contributed by atoms with E-state index in [-0.39, 0.29) is 12.2 Å². The van der Waals surface area contributed by atoms with Crippen molar-refractivity contribution in [1.29, 1.82) is 0 Å². The molecule has 0 aromatic rings. The van der Waals surface area contributed by atoms with Crippen LogP contribution in [-0.4, -0.2) is 23.9 Å². The van der Waals surface area contributed by atoms with Crippen molar-refractivity contribution in [2.45, 2.75) is 52.2 Å². The third kappa shape index (κ3) is 6.23. The first-order chi connectivity index (χ1) is 6.78. The Kier molecular flexibility index (Phi) is 5.50. The highest BCUT2D eigenvalue weighted by Crippen LogP contribution is 2.16. The number of rotatable bonds is 7. The summed E-state index contributed by atoms with van der Waals surface area (Å²) in [7, 11) is 0. The van der Waals surface area contributed by atoms with Crippen LogP contribution in [0.25, 0.3) is 0 Å². The van der Waals surface area contributed by atoms with Gasteiger partial charge in [-0.25, -0.2) is 4.79 Å². The minimum absolute atomic E-state index is 0.0797. The van der Waals surface area contributed by atoms with Gasteiger partial charge in [0.15, 0.2) is 5.78 Å². The molecule has 15 heavy (non-hydrogen) atoms. The molecule has 0 aliphatic heterocycles. The van der Waals surface area contributed by atoms with Crippen molar-refractivity contribution < 1.29 is 14.3 Å². The van der Waals surface area contributed by atoms with Gasteiger partial charge in [-0.15, -0.1) is 0 Å². The van der Waals surface area contributed by atoms with Crippen LogP contribution in [0.3, 0.4) is 0 Å². The summed E-state index contributed by atoms with van der Waals surface area (Å²) in [6.45, 7) is 8.69. The van der Waals surface area contributed by atoms with Gasteiger partial charge in [0.25, 0.3) is 0 Å². The maximum absolute atomic E-state index is 11.6. The highest BCUT2D eigenvalue weighted by atomic mass is 16.5. The van der Waals surface area contributed by atoms with Gasteiger partial charge in [-0.1, -0.05) is 13.8 Å². The molecular formula is C11H20NO3. The molecule has 0 rings (SSSR count). The van der Waals surface area contributed by atoms with Crippen molar-refractivity contribution in [3.63, 3.8) is 0 Å². The molecule has 0 saturated carbocycles. The minimum Gasteiger partial charge on any atom is -0.451 e. The van der Waals surface area contributed by atoms with Crippen LogP contribution in [0.4, 0.5) is 0 Å². The Morgan fingerprint density at radius 1 is 1.47 bits per heavy atom. The van der Waals surface area contributed by atoms with Crippen molar-refractivity contribution in [3.8, 4) is 0 Å². The highest BCUT2D eigenvalue weighted by Gasteiger charge is 2.26. The van der Waals surface area contributed by atoms with E-state index in [2.05, 4.69) is 4.74 Å². The summed E-state index contributed by atoms with van der Waals surface area (Å²) in [5.74, 6) is 0.301. The number of carbonyl (C=O) groups excluding carboxylic acids is 2. The van der Waals surface area contributed by atoms with Crippen LogP contribution in [0.15, 0.2) is 0 Å². The first-order valence-corrected chi connectivity index (χ1v) is 5.12. The molecule has 0 amide bonds. The lowest BCUT2D eigenvalue weighted by Crippen LogP contribution is -2.38. The number of hydrogen-bond acceptors (Lipinski definition) is 4. The number of ketones is 1. The highest BCUT2D eigenvalue weighted by molar-refractivity contribution is 5.84. The summed E-state index contributed by atoms with van der Waals surface area (Å²) in [6.07, 6.45) is 0.788. The molecule has 0 aromatic carbocycles. The second-order valence-corrected chi connectivity index (χ2v) is 4.82. The zero-order chi connectivity index (χ0) is 12.1. The van der Waals surface area contributed by atoms with Gasteiger partial charge < -0.3 is 10.5 Å². The second kappa shape index (κ2) is 5.85. The van der Waals surface area contributed by atoms with Crippen LogP contribution in [-0.2, 0) is 14.3 Å². The molecule has 1 atom stereocenters. The number of Topliss-reactive ketones (excluding diaryl/α,β-unsaturated/α-hetero) is 1. The lowest BCUT2D eigenvalue weighted by atomic mass is 9.93. The summed E-state index contributed by atoms with van der Waals surface area (Å²) in [4.78, 5) is 21.7. The quantitative estimate of drug-likeness (QED) is 0.691. The van der Waals surface area contributed by atoms with E-state index in [0.29, 0.717) is 12.3 Å².